The summed E-state index contributed by atoms with van der Waals surface area (Å²) in [5.41, 5.74) is 0.928. The second-order valence-electron chi connectivity index (χ2n) is 5.29. The van der Waals surface area contributed by atoms with Crippen LogP contribution in [0.15, 0.2) is 40.8 Å². The summed E-state index contributed by atoms with van der Waals surface area (Å²) in [5, 5.41) is 6.15. The minimum absolute atomic E-state index is 0.0954. The molecule has 0 bridgehead atoms. The second kappa shape index (κ2) is 7.27. The van der Waals surface area contributed by atoms with E-state index in [0.717, 1.165) is 15.2 Å². The number of anilines is 1. The highest BCUT2D eigenvalue weighted by Crippen LogP contribution is 2.32. The number of fused-ring (bicyclic) bond motifs is 1. The highest BCUT2D eigenvalue weighted by Gasteiger charge is 2.12. The lowest BCUT2D eigenvalue weighted by molar-refractivity contribution is -0.119. The summed E-state index contributed by atoms with van der Waals surface area (Å²) in [6, 6.07) is 11.4. The van der Waals surface area contributed by atoms with Crippen molar-refractivity contribution in [1.29, 1.82) is 0 Å². The Morgan fingerprint density at radius 2 is 2.04 bits per heavy atom. The zero-order chi connectivity index (χ0) is 16.9. The van der Waals surface area contributed by atoms with Crippen LogP contribution in [0.25, 0.3) is 21.0 Å². The van der Waals surface area contributed by atoms with Crippen LogP contribution in [0.4, 0.5) is 5.88 Å². The molecule has 0 spiro atoms. The summed E-state index contributed by atoms with van der Waals surface area (Å²) in [7, 11) is 0. The number of carbonyl (C=O) groups excluding carboxylic acids is 2. The Balaban J connectivity index is 1.59. The lowest BCUT2D eigenvalue weighted by atomic mass is 10.3. The molecule has 3 aromatic rings. The molecule has 0 saturated carbocycles. The Labute approximate surface area is 142 Å². The number of carbonyl (C=O) groups is 2. The highest BCUT2D eigenvalue weighted by molar-refractivity contribution is 7.21. The number of rotatable bonds is 6. The third-order valence-electron chi connectivity index (χ3n) is 3.33. The first-order valence-electron chi connectivity index (χ1n) is 7.62. The van der Waals surface area contributed by atoms with Crippen LogP contribution in [-0.4, -0.2) is 23.3 Å². The van der Waals surface area contributed by atoms with Gasteiger partial charge in [0.25, 0.3) is 0 Å². The van der Waals surface area contributed by atoms with Crippen molar-refractivity contribution in [1.82, 2.24) is 10.3 Å². The smallest absolute Gasteiger partial charge is 0.226 e. The van der Waals surface area contributed by atoms with Crippen molar-refractivity contribution in [2.75, 3.05) is 11.9 Å². The Hall–Kier alpha value is -2.67. The van der Waals surface area contributed by atoms with Crippen molar-refractivity contribution < 1.29 is 14.0 Å². The van der Waals surface area contributed by atoms with Crippen LogP contribution >= 0.6 is 11.3 Å². The number of para-hydroxylation sites is 1. The predicted molar refractivity (Wildman–Crippen MR) is 93.9 cm³/mol. The average Bonchev–Trinajstić information content (AvgIpc) is 3.17. The fourth-order valence-corrected chi connectivity index (χ4v) is 3.14. The normalized spacial score (nSPS) is 10.7. The maximum atomic E-state index is 11.8. The molecule has 0 fully saturated rings. The van der Waals surface area contributed by atoms with Crippen molar-refractivity contribution in [3.63, 3.8) is 0 Å². The van der Waals surface area contributed by atoms with Crippen LogP contribution in [0.1, 0.15) is 19.8 Å². The molecule has 1 aromatic carbocycles. The molecule has 6 nitrogen and oxygen atoms in total. The molecule has 24 heavy (non-hydrogen) atoms. The maximum absolute atomic E-state index is 11.8. The maximum Gasteiger partial charge on any atom is 0.226 e. The lowest BCUT2D eigenvalue weighted by Gasteiger charge is -2.02. The van der Waals surface area contributed by atoms with Crippen molar-refractivity contribution in [3.05, 3.63) is 36.4 Å². The molecule has 0 saturated heterocycles. The molecule has 0 aliphatic heterocycles. The minimum Gasteiger partial charge on any atom is -0.438 e. The summed E-state index contributed by atoms with van der Waals surface area (Å²) in [6.45, 7) is 1.93. The Morgan fingerprint density at radius 1 is 1.21 bits per heavy atom. The van der Waals surface area contributed by atoms with Crippen LogP contribution in [0, 0.1) is 0 Å². The fourth-order valence-electron chi connectivity index (χ4n) is 2.21. The van der Waals surface area contributed by atoms with Gasteiger partial charge in [-0.2, -0.15) is 0 Å². The molecular formula is C17H17N3O3S. The molecule has 0 atom stereocenters. The number of benzene rings is 1. The van der Waals surface area contributed by atoms with Crippen LogP contribution in [-0.2, 0) is 9.59 Å². The zero-order valence-electron chi connectivity index (χ0n) is 13.2. The van der Waals surface area contributed by atoms with E-state index in [4.69, 9.17) is 4.42 Å². The second-order valence-corrected chi connectivity index (χ2v) is 6.32. The molecule has 124 valence electrons. The number of nitrogens with zero attached hydrogens (tertiary/aromatic N) is 1. The first-order chi connectivity index (χ1) is 11.6. The Kier molecular flexibility index (Phi) is 4.90. The number of aromatic nitrogens is 1. The SMILES string of the molecule is CC(=O)NCCCC(=O)Nc1ccc(-c2nc3ccccc3s2)o1. The van der Waals surface area contributed by atoms with Gasteiger partial charge in [0.1, 0.15) is 0 Å². The number of furan rings is 1. The average molecular weight is 343 g/mol. The third-order valence-corrected chi connectivity index (χ3v) is 4.38. The van der Waals surface area contributed by atoms with Gasteiger partial charge in [-0.05, 0) is 24.6 Å². The largest absolute Gasteiger partial charge is 0.438 e. The molecule has 0 radical (unpaired) electrons. The van der Waals surface area contributed by atoms with Gasteiger partial charge in [-0.25, -0.2) is 4.98 Å². The van der Waals surface area contributed by atoms with Gasteiger partial charge in [0, 0.05) is 26.0 Å². The van der Waals surface area contributed by atoms with Gasteiger partial charge in [0.15, 0.2) is 16.7 Å². The van der Waals surface area contributed by atoms with Gasteiger partial charge in [-0.1, -0.05) is 12.1 Å². The predicted octanol–water partition coefficient (Wildman–Crippen LogP) is 3.41. The van der Waals surface area contributed by atoms with Crippen LogP contribution in [0.2, 0.25) is 0 Å². The lowest BCUT2D eigenvalue weighted by Crippen LogP contribution is -2.22. The highest BCUT2D eigenvalue weighted by atomic mass is 32.1. The molecule has 2 amide bonds. The van der Waals surface area contributed by atoms with Gasteiger partial charge >= 0.3 is 0 Å². The number of thiazole rings is 1. The van der Waals surface area contributed by atoms with E-state index in [1.807, 2.05) is 24.3 Å². The molecule has 2 N–H and O–H groups in total. The summed E-state index contributed by atoms with van der Waals surface area (Å²) >= 11 is 1.54. The van der Waals surface area contributed by atoms with E-state index in [1.54, 1.807) is 23.5 Å². The van der Waals surface area contributed by atoms with E-state index in [0.29, 0.717) is 31.0 Å². The van der Waals surface area contributed by atoms with Gasteiger partial charge < -0.3 is 9.73 Å². The summed E-state index contributed by atoms with van der Waals surface area (Å²) in [4.78, 5) is 27.1. The number of hydrogen-bond acceptors (Lipinski definition) is 5. The molecule has 0 aliphatic rings. The summed E-state index contributed by atoms with van der Waals surface area (Å²) in [6.07, 6.45) is 0.897. The quantitative estimate of drug-likeness (QED) is 0.672. The molecule has 0 aliphatic carbocycles. The third kappa shape index (κ3) is 3.99. The molecule has 0 unspecified atom stereocenters. The van der Waals surface area contributed by atoms with Gasteiger partial charge in [0.05, 0.1) is 10.2 Å². The van der Waals surface area contributed by atoms with E-state index >= 15 is 0 Å². The number of hydrogen-bond donors (Lipinski definition) is 2. The van der Waals surface area contributed by atoms with E-state index in [2.05, 4.69) is 15.6 Å². The number of amides is 2. The fraction of sp³-hybridized carbons (Fsp3) is 0.235. The van der Waals surface area contributed by atoms with E-state index in [1.165, 1.54) is 6.92 Å². The van der Waals surface area contributed by atoms with Crippen LogP contribution in [0.5, 0.6) is 0 Å². The molecule has 2 heterocycles. The first kappa shape index (κ1) is 16.2. The van der Waals surface area contributed by atoms with Crippen LogP contribution in [0.3, 0.4) is 0 Å². The van der Waals surface area contributed by atoms with E-state index < -0.39 is 0 Å². The van der Waals surface area contributed by atoms with Crippen LogP contribution < -0.4 is 10.6 Å². The molecule has 2 aromatic heterocycles. The van der Waals surface area contributed by atoms with Gasteiger partial charge in [-0.15, -0.1) is 11.3 Å². The van der Waals surface area contributed by atoms with Crippen molar-refractivity contribution >= 4 is 39.3 Å². The van der Waals surface area contributed by atoms with E-state index in [-0.39, 0.29) is 11.8 Å². The minimum atomic E-state index is -0.148. The summed E-state index contributed by atoms with van der Waals surface area (Å²) in [5.74, 6) is 0.783. The molecular weight excluding hydrogens is 326 g/mol. The monoisotopic (exact) mass is 343 g/mol. The molecule has 3 rings (SSSR count). The summed E-state index contributed by atoms with van der Waals surface area (Å²) < 4.78 is 6.75. The van der Waals surface area contributed by atoms with Crippen molar-refractivity contribution in [2.45, 2.75) is 19.8 Å². The topological polar surface area (TPSA) is 84.2 Å². The first-order valence-corrected chi connectivity index (χ1v) is 8.43. The van der Waals surface area contributed by atoms with Gasteiger partial charge in [0.2, 0.25) is 11.8 Å². The standard InChI is InChI=1S/C17H17N3O3S/c1-11(21)18-10-4-7-15(22)20-16-9-8-13(23-16)17-19-12-5-2-3-6-14(12)24-17/h2-3,5-6,8-9H,4,7,10H2,1H3,(H,18,21)(H,20,22). The van der Waals surface area contributed by atoms with Crippen molar-refractivity contribution in [3.8, 4) is 10.8 Å². The molecule has 7 heteroatoms. The van der Waals surface area contributed by atoms with E-state index in [9.17, 15) is 9.59 Å². The van der Waals surface area contributed by atoms with Crippen molar-refractivity contribution in [2.24, 2.45) is 0 Å². The zero-order valence-corrected chi connectivity index (χ0v) is 14.0. The Morgan fingerprint density at radius 3 is 2.83 bits per heavy atom. The van der Waals surface area contributed by atoms with Gasteiger partial charge in [-0.3, -0.25) is 14.9 Å². The Bertz CT molecular complexity index is 836. The number of nitrogens with one attached hydrogen (secondary N) is 2.